The van der Waals surface area contributed by atoms with E-state index in [4.69, 9.17) is 4.74 Å². The highest BCUT2D eigenvalue weighted by Gasteiger charge is 2.26. The molecule has 1 N–H and O–H groups in total. The highest BCUT2D eigenvalue weighted by molar-refractivity contribution is 5.09. The van der Waals surface area contributed by atoms with Gasteiger partial charge in [0.05, 0.1) is 11.7 Å². The van der Waals surface area contributed by atoms with Gasteiger partial charge in [0.2, 0.25) is 0 Å². The van der Waals surface area contributed by atoms with E-state index in [0.717, 1.165) is 39.1 Å². The van der Waals surface area contributed by atoms with Crippen LogP contribution in [0.25, 0.3) is 0 Å². The van der Waals surface area contributed by atoms with Crippen LogP contribution in [0.4, 0.5) is 0 Å². The quantitative estimate of drug-likeness (QED) is 0.851. The zero-order chi connectivity index (χ0) is 12.1. The van der Waals surface area contributed by atoms with Gasteiger partial charge in [-0.25, -0.2) is 0 Å². The molecule has 2 heterocycles. The number of aromatic nitrogens is 2. The molecule has 1 aromatic heterocycles. The zero-order valence-corrected chi connectivity index (χ0v) is 10.9. The molecule has 0 aromatic carbocycles. The minimum absolute atomic E-state index is 0.423. The lowest BCUT2D eigenvalue weighted by Crippen LogP contribution is -2.33. The van der Waals surface area contributed by atoms with E-state index in [1.807, 2.05) is 6.20 Å². The minimum atomic E-state index is 0.423. The Hall–Kier alpha value is -0.870. The fourth-order valence-electron chi connectivity index (χ4n) is 2.65. The lowest BCUT2D eigenvalue weighted by atomic mass is 9.89. The predicted octanol–water partition coefficient (Wildman–Crippen LogP) is 1.98. The van der Waals surface area contributed by atoms with Crippen molar-refractivity contribution in [3.8, 4) is 0 Å². The first-order valence-corrected chi connectivity index (χ1v) is 6.69. The molecule has 0 bridgehead atoms. The Labute approximate surface area is 103 Å². The molecule has 2 rings (SSSR count). The number of hydrogen-bond donors (Lipinski definition) is 1. The van der Waals surface area contributed by atoms with Crippen molar-refractivity contribution in [3.05, 3.63) is 18.0 Å². The Bertz CT molecular complexity index is 331. The van der Waals surface area contributed by atoms with Gasteiger partial charge in [-0.3, -0.25) is 4.68 Å². The maximum absolute atomic E-state index is 5.45. The number of rotatable bonds is 5. The molecule has 17 heavy (non-hydrogen) atoms. The van der Waals surface area contributed by atoms with Crippen LogP contribution >= 0.6 is 0 Å². The van der Waals surface area contributed by atoms with Gasteiger partial charge in [0.15, 0.2) is 0 Å². The second-order valence-corrected chi connectivity index (χ2v) is 4.56. The molecule has 1 saturated heterocycles. The third-order valence-corrected chi connectivity index (χ3v) is 3.53. The number of aryl methyl sites for hydroxylation is 1. The third kappa shape index (κ3) is 2.87. The van der Waals surface area contributed by atoms with Crippen LogP contribution in [0.2, 0.25) is 0 Å². The molecule has 1 atom stereocenters. The molecule has 0 radical (unpaired) electrons. The van der Waals surface area contributed by atoms with Crippen LogP contribution in [0.3, 0.4) is 0 Å². The molecular weight excluding hydrogens is 214 g/mol. The fourth-order valence-corrected chi connectivity index (χ4v) is 2.65. The fraction of sp³-hybridized carbons (Fsp3) is 0.769. The van der Waals surface area contributed by atoms with Crippen LogP contribution in [0.5, 0.6) is 0 Å². The van der Waals surface area contributed by atoms with E-state index in [0.29, 0.717) is 12.0 Å². The van der Waals surface area contributed by atoms with Crippen molar-refractivity contribution in [1.82, 2.24) is 15.1 Å². The number of nitrogens with one attached hydrogen (secondary N) is 1. The molecule has 1 fully saturated rings. The van der Waals surface area contributed by atoms with E-state index in [1.165, 1.54) is 5.69 Å². The van der Waals surface area contributed by atoms with Crippen molar-refractivity contribution in [1.29, 1.82) is 0 Å². The lowest BCUT2D eigenvalue weighted by molar-refractivity contribution is 0.0526. The second-order valence-electron chi connectivity index (χ2n) is 4.56. The van der Waals surface area contributed by atoms with Crippen molar-refractivity contribution >= 4 is 0 Å². The van der Waals surface area contributed by atoms with Crippen molar-refractivity contribution in [3.63, 3.8) is 0 Å². The minimum Gasteiger partial charge on any atom is -0.381 e. The Morgan fingerprint density at radius 2 is 2.24 bits per heavy atom. The molecular formula is C13H23N3O. The summed E-state index contributed by atoms with van der Waals surface area (Å²) < 4.78 is 7.55. The van der Waals surface area contributed by atoms with Crippen LogP contribution < -0.4 is 5.32 Å². The van der Waals surface area contributed by atoms with E-state index < -0.39 is 0 Å². The zero-order valence-electron chi connectivity index (χ0n) is 10.9. The van der Waals surface area contributed by atoms with Gasteiger partial charge in [0, 0.05) is 26.0 Å². The molecule has 4 heteroatoms. The molecule has 0 amide bonds. The summed E-state index contributed by atoms with van der Waals surface area (Å²) in [5.74, 6) is 0.672. The standard InChI is InChI=1S/C13H23N3O/c1-3-14-13(11-6-9-17-10-7-11)12-5-8-15-16(12)4-2/h5,8,11,13-14H,3-4,6-7,9-10H2,1-2H3. The summed E-state index contributed by atoms with van der Waals surface area (Å²) in [6.07, 6.45) is 4.20. The SMILES string of the molecule is CCNC(c1ccnn1CC)C1CCOCC1. The smallest absolute Gasteiger partial charge is 0.0556 e. The van der Waals surface area contributed by atoms with Crippen molar-refractivity contribution in [2.45, 2.75) is 39.3 Å². The normalized spacial score (nSPS) is 19.4. The molecule has 1 aliphatic rings. The van der Waals surface area contributed by atoms with Crippen LogP contribution in [-0.2, 0) is 11.3 Å². The summed E-state index contributed by atoms with van der Waals surface area (Å²) in [6, 6.07) is 2.57. The maximum atomic E-state index is 5.45. The summed E-state index contributed by atoms with van der Waals surface area (Å²) in [5, 5.41) is 7.99. The molecule has 1 unspecified atom stereocenters. The van der Waals surface area contributed by atoms with Crippen LogP contribution in [0.15, 0.2) is 12.3 Å². The van der Waals surface area contributed by atoms with E-state index in [1.54, 1.807) is 0 Å². The first-order valence-electron chi connectivity index (χ1n) is 6.69. The van der Waals surface area contributed by atoms with Gasteiger partial charge in [0.1, 0.15) is 0 Å². The molecule has 4 nitrogen and oxygen atoms in total. The predicted molar refractivity (Wildman–Crippen MR) is 67.9 cm³/mol. The van der Waals surface area contributed by atoms with E-state index in [2.05, 4.69) is 35.0 Å². The Kier molecular flexibility index (Phi) is 4.57. The van der Waals surface area contributed by atoms with Crippen molar-refractivity contribution < 1.29 is 4.74 Å². The van der Waals surface area contributed by atoms with E-state index >= 15 is 0 Å². The lowest BCUT2D eigenvalue weighted by Gasteiger charge is -2.31. The van der Waals surface area contributed by atoms with Gasteiger partial charge in [-0.1, -0.05) is 6.92 Å². The van der Waals surface area contributed by atoms with Gasteiger partial charge in [-0.05, 0) is 38.3 Å². The molecule has 96 valence electrons. The van der Waals surface area contributed by atoms with Crippen molar-refractivity contribution in [2.24, 2.45) is 5.92 Å². The van der Waals surface area contributed by atoms with E-state index in [9.17, 15) is 0 Å². The molecule has 1 aromatic rings. The monoisotopic (exact) mass is 237 g/mol. The molecule has 0 aliphatic carbocycles. The Morgan fingerprint density at radius 1 is 1.47 bits per heavy atom. The van der Waals surface area contributed by atoms with E-state index in [-0.39, 0.29) is 0 Å². The van der Waals surface area contributed by atoms with Crippen LogP contribution in [0.1, 0.15) is 38.4 Å². The molecule has 0 saturated carbocycles. The molecule has 0 spiro atoms. The third-order valence-electron chi connectivity index (χ3n) is 3.53. The van der Waals surface area contributed by atoms with Gasteiger partial charge in [-0.2, -0.15) is 5.10 Å². The first-order chi connectivity index (χ1) is 8.36. The topological polar surface area (TPSA) is 39.1 Å². The second kappa shape index (κ2) is 6.17. The van der Waals surface area contributed by atoms with Gasteiger partial charge in [-0.15, -0.1) is 0 Å². The average molecular weight is 237 g/mol. The Balaban J connectivity index is 2.15. The summed E-state index contributed by atoms with van der Waals surface area (Å²) in [5.41, 5.74) is 1.32. The van der Waals surface area contributed by atoms with Gasteiger partial charge >= 0.3 is 0 Å². The van der Waals surface area contributed by atoms with Crippen LogP contribution in [0, 0.1) is 5.92 Å². The summed E-state index contributed by atoms with van der Waals surface area (Å²) >= 11 is 0. The number of hydrogen-bond acceptors (Lipinski definition) is 3. The summed E-state index contributed by atoms with van der Waals surface area (Å²) in [7, 11) is 0. The Morgan fingerprint density at radius 3 is 2.88 bits per heavy atom. The maximum Gasteiger partial charge on any atom is 0.0556 e. The highest BCUT2D eigenvalue weighted by atomic mass is 16.5. The van der Waals surface area contributed by atoms with Gasteiger partial charge in [0.25, 0.3) is 0 Å². The molecule has 1 aliphatic heterocycles. The highest BCUT2D eigenvalue weighted by Crippen LogP contribution is 2.29. The van der Waals surface area contributed by atoms with Gasteiger partial charge < -0.3 is 10.1 Å². The largest absolute Gasteiger partial charge is 0.381 e. The summed E-state index contributed by atoms with van der Waals surface area (Å²) in [4.78, 5) is 0. The average Bonchev–Trinajstić information content (AvgIpc) is 2.85. The van der Waals surface area contributed by atoms with Crippen LogP contribution in [-0.4, -0.2) is 29.5 Å². The first kappa shape index (κ1) is 12.6. The number of ether oxygens (including phenoxy) is 1. The van der Waals surface area contributed by atoms with Crippen molar-refractivity contribution in [2.75, 3.05) is 19.8 Å². The summed E-state index contributed by atoms with van der Waals surface area (Å²) in [6.45, 7) is 8.03. The number of nitrogens with zero attached hydrogens (tertiary/aromatic N) is 2.